The molecule has 0 bridgehead atoms. The van der Waals surface area contributed by atoms with E-state index in [4.69, 9.17) is 0 Å². The van der Waals surface area contributed by atoms with Crippen molar-refractivity contribution in [3.05, 3.63) is 0 Å². The molecule has 0 aromatic rings. The van der Waals surface area contributed by atoms with Gasteiger partial charge >= 0.3 is 0 Å². The maximum atomic E-state index is 3.90. The van der Waals surface area contributed by atoms with Gasteiger partial charge in [0.1, 0.15) is 0 Å². The van der Waals surface area contributed by atoms with Gasteiger partial charge in [0.05, 0.1) is 0 Å². The van der Waals surface area contributed by atoms with E-state index < -0.39 is 0 Å². The number of rotatable bonds is 5. The van der Waals surface area contributed by atoms with Crippen molar-refractivity contribution in [1.82, 2.24) is 0 Å². The highest BCUT2D eigenvalue weighted by molar-refractivity contribution is 9.09. The lowest BCUT2D eigenvalue weighted by Crippen LogP contribution is -2.36. The Morgan fingerprint density at radius 2 is 1.58 bits per heavy atom. The van der Waals surface area contributed by atoms with Gasteiger partial charge in [-0.3, -0.25) is 0 Å². The zero-order chi connectivity index (χ0) is 13.6. The number of hydrogen-bond donors (Lipinski definition) is 0. The van der Waals surface area contributed by atoms with Crippen LogP contribution < -0.4 is 0 Å². The first-order valence-corrected chi connectivity index (χ1v) is 9.99. The Bertz CT molecular complexity index is 232. The van der Waals surface area contributed by atoms with E-state index in [9.17, 15) is 0 Å². The lowest BCUT2D eigenvalue weighted by Gasteiger charge is -2.45. The molecule has 0 unspecified atom stereocenters. The fraction of sp³-hybridized carbons (Fsp3) is 1.00. The minimum atomic E-state index is 0.674. The van der Waals surface area contributed by atoms with Crippen LogP contribution in [-0.2, 0) is 0 Å². The van der Waals surface area contributed by atoms with E-state index in [0.29, 0.717) is 5.41 Å². The van der Waals surface area contributed by atoms with E-state index >= 15 is 0 Å². The van der Waals surface area contributed by atoms with Gasteiger partial charge in [-0.1, -0.05) is 67.8 Å². The summed E-state index contributed by atoms with van der Waals surface area (Å²) in [7, 11) is 0. The molecule has 0 atom stereocenters. The summed E-state index contributed by atoms with van der Waals surface area (Å²) in [5, 5.41) is 1.27. The van der Waals surface area contributed by atoms with Gasteiger partial charge in [0.2, 0.25) is 0 Å². The summed E-state index contributed by atoms with van der Waals surface area (Å²) in [6.45, 7) is 2.33. The summed E-state index contributed by atoms with van der Waals surface area (Å²) >= 11 is 3.90. The Morgan fingerprint density at radius 1 is 0.947 bits per heavy atom. The van der Waals surface area contributed by atoms with Crippen LogP contribution in [0.25, 0.3) is 0 Å². The van der Waals surface area contributed by atoms with Gasteiger partial charge in [-0.2, -0.15) is 0 Å². The van der Waals surface area contributed by atoms with Crippen molar-refractivity contribution in [1.29, 1.82) is 0 Å². The normalized spacial score (nSPS) is 34.1. The van der Waals surface area contributed by atoms with Crippen LogP contribution in [0.1, 0.15) is 90.4 Å². The van der Waals surface area contributed by atoms with E-state index in [-0.39, 0.29) is 0 Å². The third-order valence-corrected chi connectivity index (χ3v) is 7.17. The highest BCUT2D eigenvalue weighted by Gasteiger charge is 2.40. The van der Waals surface area contributed by atoms with E-state index in [2.05, 4.69) is 22.9 Å². The predicted octanol–water partition coefficient (Wildman–Crippen LogP) is 6.72. The largest absolute Gasteiger partial charge is 0.0922 e. The molecule has 0 aliphatic heterocycles. The molecule has 0 saturated heterocycles. The van der Waals surface area contributed by atoms with Gasteiger partial charge in [0.25, 0.3) is 0 Å². The van der Waals surface area contributed by atoms with Crippen LogP contribution in [-0.4, -0.2) is 5.33 Å². The Balaban J connectivity index is 1.89. The smallest absolute Gasteiger partial charge is 0.00906 e. The van der Waals surface area contributed by atoms with Crippen LogP contribution in [0.3, 0.4) is 0 Å². The molecule has 0 N–H and O–H groups in total. The molecule has 2 fully saturated rings. The molecule has 0 amide bonds. The Kier molecular flexibility index (Phi) is 6.72. The number of alkyl halides is 1. The summed E-state index contributed by atoms with van der Waals surface area (Å²) in [4.78, 5) is 0. The summed E-state index contributed by atoms with van der Waals surface area (Å²) in [5.74, 6) is 2.08. The molecular weight excluding hydrogens is 296 g/mol. The Labute approximate surface area is 129 Å². The molecule has 0 nitrogen and oxygen atoms in total. The summed E-state index contributed by atoms with van der Waals surface area (Å²) in [6, 6.07) is 0. The van der Waals surface area contributed by atoms with Crippen LogP contribution in [0.15, 0.2) is 0 Å². The average molecular weight is 329 g/mol. The number of unbranched alkanes of at least 4 members (excludes halogenated alkanes) is 1. The minimum Gasteiger partial charge on any atom is -0.0922 e. The highest BCUT2D eigenvalue weighted by Crippen LogP contribution is 2.50. The van der Waals surface area contributed by atoms with E-state index in [1.165, 1.54) is 88.8 Å². The van der Waals surface area contributed by atoms with Gasteiger partial charge in [0.15, 0.2) is 0 Å². The summed E-state index contributed by atoms with van der Waals surface area (Å²) in [6.07, 6.45) is 19.4. The zero-order valence-electron chi connectivity index (χ0n) is 12.9. The molecule has 2 rings (SSSR count). The first kappa shape index (κ1) is 15.9. The quantitative estimate of drug-likeness (QED) is 0.388. The molecule has 0 aromatic heterocycles. The monoisotopic (exact) mass is 328 g/mol. The Hall–Kier alpha value is 0.480. The second kappa shape index (κ2) is 8.05. The second-order valence-electron chi connectivity index (χ2n) is 7.27. The van der Waals surface area contributed by atoms with Crippen molar-refractivity contribution in [3.8, 4) is 0 Å². The van der Waals surface area contributed by atoms with Gasteiger partial charge in [-0.25, -0.2) is 0 Å². The van der Waals surface area contributed by atoms with Gasteiger partial charge in [0, 0.05) is 5.33 Å². The maximum absolute atomic E-state index is 3.90. The summed E-state index contributed by atoms with van der Waals surface area (Å²) in [5.41, 5.74) is 0.674. The SMILES string of the molecule is CCCCC1CCC(CBr)(C2CCCCCC2)CC1. The maximum Gasteiger partial charge on any atom is 0.00906 e. The Morgan fingerprint density at radius 3 is 2.11 bits per heavy atom. The zero-order valence-corrected chi connectivity index (χ0v) is 14.5. The molecule has 0 spiro atoms. The van der Waals surface area contributed by atoms with E-state index in [1.54, 1.807) is 0 Å². The van der Waals surface area contributed by atoms with E-state index in [0.717, 1.165) is 11.8 Å². The van der Waals surface area contributed by atoms with Gasteiger partial charge < -0.3 is 0 Å². The first-order valence-electron chi connectivity index (χ1n) is 8.86. The second-order valence-corrected chi connectivity index (χ2v) is 7.83. The minimum absolute atomic E-state index is 0.674. The lowest BCUT2D eigenvalue weighted by molar-refractivity contribution is 0.0850. The third-order valence-electron chi connectivity index (χ3n) is 6.05. The molecule has 2 saturated carbocycles. The molecule has 1 heteroatoms. The summed E-state index contributed by atoms with van der Waals surface area (Å²) < 4.78 is 0. The van der Waals surface area contributed by atoms with Crippen LogP contribution in [0.2, 0.25) is 0 Å². The van der Waals surface area contributed by atoms with Crippen molar-refractivity contribution in [3.63, 3.8) is 0 Å². The van der Waals surface area contributed by atoms with E-state index in [1.807, 2.05) is 0 Å². The van der Waals surface area contributed by atoms with Gasteiger partial charge in [-0.15, -0.1) is 0 Å². The molecule has 2 aliphatic rings. The lowest BCUT2D eigenvalue weighted by atomic mass is 9.62. The standard InChI is InChI=1S/C18H33Br/c1-2-3-8-16-11-13-18(15-19,14-12-16)17-9-6-4-5-7-10-17/h16-17H,2-15H2,1H3. The van der Waals surface area contributed by atoms with Crippen molar-refractivity contribution in [2.45, 2.75) is 90.4 Å². The molecule has 112 valence electrons. The van der Waals surface area contributed by atoms with Crippen LogP contribution in [0, 0.1) is 17.3 Å². The molecule has 0 radical (unpaired) electrons. The number of hydrogen-bond acceptors (Lipinski definition) is 0. The molecular formula is C18H33Br. The number of halogens is 1. The molecule has 0 aromatic carbocycles. The molecule has 0 heterocycles. The third kappa shape index (κ3) is 4.22. The van der Waals surface area contributed by atoms with Crippen LogP contribution in [0.4, 0.5) is 0 Å². The fourth-order valence-corrected chi connectivity index (χ4v) is 5.60. The predicted molar refractivity (Wildman–Crippen MR) is 88.9 cm³/mol. The molecule has 2 aliphatic carbocycles. The van der Waals surface area contributed by atoms with Crippen molar-refractivity contribution >= 4 is 15.9 Å². The first-order chi connectivity index (χ1) is 9.30. The fourth-order valence-electron chi connectivity index (χ4n) is 4.58. The average Bonchev–Trinajstić information content (AvgIpc) is 2.75. The molecule has 19 heavy (non-hydrogen) atoms. The van der Waals surface area contributed by atoms with Crippen molar-refractivity contribution in [2.75, 3.05) is 5.33 Å². The van der Waals surface area contributed by atoms with Crippen LogP contribution in [0.5, 0.6) is 0 Å². The van der Waals surface area contributed by atoms with Crippen molar-refractivity contribution in [2.24, 2.45) is 17.3 Å². The topological polar surface area (TPSA) is 0 Å². The van der Waals surface area contributed by atoms with Crippen LogP contribution >= 0.6 is 15.9 Å². The highest BCUT2D eigenvalue weighted by atomic mass is 79.9. The van der Waals surface area contributed by atoms with Gasteiger partial charge in [-0.05, 0) is 55.8 Å². The van der Waals surface area contributed by atoms with Crippen molar-refractivity contribution < 1.29 is 0 Å².